The molecule has 0 aromatic carbocycles. The van der Waals surface area contributed by atoms with Crippen LogP contribution in [0.5, 0.6) is 0 Å². The van der Waals surface area contributed by atoms with E-state index in [0.29, 0.717) is 0 Å². The van der Waals surface area contributed by atoms with Crippen molar-refractivity contribution in [2.24, 2.45) is 5.41 Å². The molecule has 88 valence electrons. The summed E-state index contributed by atoms with van der Waals surface area (Å²) in [5, 5.41) is 3.41. The van der Waals surface area contributed by atoms with Crippen molar-refractivity contribution in [2.45, 2.75) is 57.5 Å². The molecule has 2 aliphatic rings. The van der Waals surface area contributed by atoms with E-state index in [9.17, 15) is 0 Å². The van der Waals surface area contributed by atoms with Gasteiger partial charge in [0.05, 0.1) is 0 Å². The molecule has 1 spiro atoms. The Balaban J connectivity index is 1.78. The topological polar surface area (TPSA) is 15.3 Å². The quantitative estimate of drug-likeness (QED) is 0.768. The van der Waals surface area contributed by atoms with Gasteiger partial charge >= 0.3 is 0 Å². The highest BCUT2D eigenvalue weighted by molar-refractivity contribution is 5.00. The molecule has 2 fully saturated rings. The van der Waals surface area contributed by atoms with Crippen molar-refractivity contribution >= 4 is 0 Å². The summed E-state index contributed by atoms with van der Waals surface area (Å²) in [6.45, 7) is 3.47. The zero-order valence-corrected chi connectivity index (χ0v) is 10.6. The zero-order valence-electron chi connectivity index (χ0n) is 10.6. The molecule has 0 aromatic rings. The minimum absolute atomic E-state index is 0.749. The molecule has 1 N–H and O–H groups in total. The zero-order chi connectivity index (χ0) is 10.9. The highest BCUT2D eigenvalue weighted by atomic mass is 15.1. The molecular formula is C13H26N2. The first-order valence-corrected chi connectivity index (χ1v) is 6.56. The van der Waals surface area contributed by atoms with Crippen LogP contribution in [0.25, 0.3) is 0 Å². The molecule has 0 radical (unpaired) electrons. The third-order valence-electron chi connectivity index (χ3n) is 4.91. The highest BCUT2D eigenvalue weighted by Crippen LogP contribution is 2.51. The van der Waals surface area contributed by atoms with Crippen LogP contribution in [0.15, 0.2) is 0 Å². The first-order valence-electron chi connectivity index (χ1n) is 6.56. The Morgan fingerprint density at radius 3 is 2.33 bits per heavy atom. The van der Waals surface area contributed by atoms with Crippen LogP contribution in [0.3, 0.4) is 0 Å². The summed E-state index contributed by atoms with van der Waals surface area (Å²) in [6, 6.07) is 1.69. The predicted molar refractivity (Wildman–Crippen MR) is 65.1 cm³/mol. The van der Waals surface area contributed by atoms with Crippen molar-refractivity contribution in [3.63, 3.8) is 0 Å². The number of hydrogen-bond acceptors (Lipinski definition) is 2. The maximum absolute atomic E-state index is 3.41. The number of rotatable bonds is 3. The van der Waals surface area contributed by atoms with Gasteiger partial charge in [0.15, 0.2) is 0 Å². The third-order valence-corrected chi connectivity index (χ3v) is 4.91. The minimum Gasteiger partial charge on any atom is -0.317 e. The summed E-state index contributed by atoms with van der Waals surface area (Å²) in [4.78, 5) is 2.53. The fraction of sp³-hybridized carbons (Fsp3) is 1.00. The van der Waals surface area contributed by atoms with Gasteiger partial charge in [-0.15, -0.1) is 0 Å². The molecule has 0 bridgehead atoms. The van der Waals surface area contributed by atoms with Crippen LogP contribution in [0.2, 0.25) is 0 Å². The van der Waals surface area contributed by atoms with E-state index in [2.05, 4.69) is 31.2 Å². The maximum atomic E-state index is 3.41. The smallest absolute Gasteiger partial charge is 0.00925 e. The second-order valence-electron chi connectivity index (χ2n) is 5.70. The molecule has 0 unspecified atom stereocenters. The van der Waals surface area contributed by atoms with Gasteiger partial charge in [0, 0.05) is 12.1 Å². The predicted octanol–water partition coefficient (Wildman–Crippen LogP) is 2.25. The molecule has 0 aliphatic heterocycles. The summed E-state index contributed by atoms with van der Waals surface area (Å²) >= 11 is 0. The first-order chi connectivity index (χ1) is 7.19. The molecule has 0 saturated heterocycles. The van der Waals surface area contributed by atoms with Gasteiger partial charge in [-0.05, 0) is 64.6 Å². The molecule has 2 saturated carbocycles. The van der Waals surface area contributed by atoms with E-state index in [0.717, 1.165) is 17.5 Å². The van der Waals surface area contributed by atoms with Crippen LogP contribution in [0.4, 0.5) is 0 Å². The largest absolute Gasteiger partial charge is 0.317 e. The van der Waals surface area contributed by atoms with Crippen LogP contribution in [0.1, 0.15) is 45.4 Å². The highest BCUT2D eigenvalue weighted by Gasteiger charge is 2.45. The van der Waals surface area contributed by atoms with Crippen molar-refractivity contribution < 1.29 is 0 Å². The molecule has 2 heteroatoms. The van der Waals surface area contributed by atoms with Crippen LogP contribution < -0.4 is 5.32 Å². The van der Waals surface area contributed by atoms with E-state index in [4.69, 9.17) is 0 Å². The summed E-state index contributed by atoms with van der Waals surface area (Å²) < 4.78 is 0. The van der Waals surface area contributed by atoms with Gasteiger partial charge in [-0.25, -0.2) is 0 Å². The molecule has 0 aromatic heterocycles. The van der Waals surface area contributed by atoms with Crippen LogP contribution in [-0.2, 0) is 0 Å². The molecule has 15 heavy (non-hydrogen) atoms. The van der Waals surface area contributed by atoms with Gasteiger partial charge in [0.2, 0.25) is 0 Å². The summed E-state index contributed by atoms with van der Waals surface area (Å²) in [5.74, 6) is 0. The SMILES string of the molecule is CCN(C)C1CCC2(CC1)CC(NC)C2. The lowest BCUT2D eigenvalue weighted by molar-refractivity contribution is 0.0138. The minimum atomic E-state index is 0.749. The van der Waals surface area contributed by atoms with Crippen LogP contribution >= 0.6 is 0 Å². The van der Waals surface area contributed by atoms with Crippen molar-refractivity contribution in [1.82, 2.24) is 10.2 Å². The van der Waals surface area contributed by atoms with Gasteiger partial charge in [0.1, 0.15) is 0 Å². The van der Waals surface area contributed by atoms with Gasteiger partial charge in [0.25, 0.3) is 0 Å². The van der Waals surface area contributed by atoms with Gasteiger partial charge in [-0.2, -0.15) is 0 Å². The summed E-state index contributed by atoms with van der Waals surface area (Å²) in [6.07, 6.45) is 8.68. The third kappa shape index (κ3) is 2.21. The molecule has 2 rings (SSSR count). The number of nitrogens with zero attached hydrogens (tertiary/aromatic N) is 1. The second-order valence-corrected chi connectivity index (χ2v) is 5.70. The average Bonchev–Trinajstić information content (AvgIpc) is 2.25. The molecular weight excluding hydrogens is 184 g/mol. The fourth-order valence-corrected chi connectivity index (χ4v) is 3.51. The fourth-order valence-electron chi connectivity index (χ4n) is 3.51. The molecule has 2 nitrogen and oxygen atoms in total. The number of hydrogen-bond donors (Lipinski definition) is 1. The Labute approximate surface area is 94.4 Å². The van der Waals surface area contributed by atoms with Crippen molar-refractivity contribution in [2.75, 3.05) is 20.6 Å². The van der Waals surface area contributed by atoms with Crippen LogP contribution in [-0.4, -0.2) is 37.6 Å². The van der Waals surface area contributed by atoms with E-state index in [1.54, 1.807) is 0 Å². The Morgan fingerprint density at radius 1 is 1.27 bits per heavy atom. The Hall–Kier alpha value is -0.0800. The van der Waals surface area contributed by atoms with Crippen molar-refractivity contribution in [1.29, 1.82) is 0 Å². The standard InChI is InChI=1S/C13H26N2/c1-4-15(3)12-5-7-13(8-6-12)9-11(10-13)14-2/h11-12,14H,4-10H2,1-3H3. The second kappa shape index (κ2) is 4.42. The molecule has 0 atom stereocenters. The molecule has 2 aliphatic carbocycles. The lowest BCUT2D eigenvalue weighted by atomic mass is 9.57. The van der Waals surface area contributed by atoms with E-state index in [-0.39, 0.29) is 0 Å². The van der Waals surface area contributed by atoms with Crippen molar-refractivity contribution in [3.8, 4) is 0 Å². The average molecular weight is 210 g/mol. The van der Waals surface area contributed by atoms with E-state index in [1.165, 1.54) is 45.1 Å². The van der Waals surface area contributed by atoms with Crippen molar-refractivity contribution in [3.05, 3.63) is 0 Å². The molecule has 0 heterocycles. The van der Waals surface area contributed by atoms with Gasteiger partial charge < -0.3 is 10.2 Å². The Morgan fingerprint density at radius 2 is 1.87 bits per heavy atom. The lowest BCUT2D eigenvalue weighted by Crippen LogP contribution is -2.51. The van der Waals surface area contributed by atoms with Gasteiger partial charge in [-0.1, -0.05) is 6.92 Å². The first kappa shape index (κ1) is 11.4. The van der Waals surface area contributed by atoms with Crippen LogP contribution in [0, 0.1) is 5.41 Å². The Bertz CT molecular complexity index is 199. The number of nitrogens with one attached hydrogen (secondary N) is 1. The summed E-state index contributed by atoms with van der Waals surface area (Å²) in [7, 11) is 4.38. The van der Waals surface area contributed by atoms with Gasteiger partial charge in [-0.3, -0.25) is 0 Å². The maximum Gasteiger partial charge on any atom is 0.00925 e. The normalized spacial score (nSPS) is 40.8. The van der Waals surface area contributed by atoms with E-state index in [1.807, 2.05) is 0 Å². The van der Waals surface area contributed by atoms with E-state index < -0.39 is 0 Å². The summed E-state index contributed by atoms with van der Waals surface area (Å²) in [5.41, 5.74) is 0.749. The lowest BCUT2D eigenvalue weighted by Gasteiger charge is -2.52. The van der Waals surface area contributed by atoms with E-state index >= 15 is 0 Å². The monoisotopic (exact) mass is 210 g/mol. The molecule has 0 amide bonds. The Kier molecular flexibility index (Phi) is 3.36.